The number of aromatic nitrogens is 5. The van der Waals surface area contributed by atoms with Crippen LogP contribution in [0.4, 0.5) is 5.69 Å². The lowest BCUT2D eigenvalue weighted by atomic mass is 10.1. The van der Waals surface area contributed by atoms with E-state index in [4.69, 9.17) is 16.6 Å². The lowest BCUT2D eigenvalue weighted by molar-refractivity contribution is 0.570. The standard InChI is InChI=1S/C24H29ClN6/c1-6-10-30(11-9-15(2)3)21-13-26-23-18(22(21)25)7-8-19(28-23)20-12-16(4)24-27-17(5)14-31(24)29-20/h7-8,12-15H,6,9-11H2,1-5H3. The first-order chi connectivity index (χ1) is 14.9. The summed E-state index contributed by atoms with van der Waals surface area (Å²) in [6.45, 7) is 12.6. The molecule has 7 heteroatoms. The zero-order chi connectivity index (χ0) is 22.1. The lowest BCUT2D eigenvalue weighted by Gasteiger charge is -2.26. The molecule has 4 heterocycles. The summed E-state index contributed by atoms with van der Waals surface area (Å²) in [7, 11) is 0. The van der Waals surface area contributed by atoms with E-state index < -0.39 is 0 Å². The van der Waals surface area contributed by atoms with Crippen LogP contribution in [0.3, 0.4) is 0 Å². The van der Waals surface area contributed by atoms with E-state index in [0.29, 0.717) is 16.6 Å². The largest absolute Gasteiger partial charge is 0.369 e. The number of pyridine rings is 2. The zero-order valence-corrected chi connectivity index (χ0v) is 19.6. The molecule has 0 spiro atoms. The molecule has 0 aromatic carbocycles. The molecule has 31 heavy (non-hydrogen) atoms. The first-order valence-electron chi connectivity index (χ1n) is 10.9. The van der Waals surface area contributed by atoms with Crippen LogP contribution in [0.5, 0.6) is 0 Å². The summed E-state index contributed by atoms with van der Waals surface area (Å²) >= 11 is 6.84. The average molecular weight is 437 g/mol. The molecule has 6 nitrogen and oxygen atoms in total. The van der Waals surface area contributed by atoms with Crippen molar-refractivity contribution in [3.63, 3.8) is 0 Å². The molecule has 0 amide bonds. The van der Waals surface area contributed by atoms with Crippen LogP contribution < -0.4 is 4.90 Å². The highest BCUT2D eigenvalue weighted by Gasteiger charge is 2.16. The van der Waals surface area contributed by atoms with Crippen molar-refractivity contribution in [1.29, 1.82) is 0 Å². The first kappa shape index (κ1) is 21.5. The van der Waals surface area contributed by atoms with Crippen LogP contribution in [-0.4, -0.2) is 37.7 Å². The third-order valence-corrected chi connectivity index (χ3v) is 5.85. The van der Waals surface area contributed by atoms with E-state index in [-0.39, 0.29) is 0 Å². The third kappa shape index (κ3) is 4.35. The minimum atomic E-state index is 0.632. The average Bonchev–Trinajstić information content (AvgIpc) is 3.12. The van der Waals surface area contributed by atoms with E-state index in [0.717, 1.165) is 65.3 Å². The number of hydrogen-bond donors (Lipinski definition) is 0. The van der Waals surface area contributed by atoms with Crippen LogP contribution >= 0.6 is 11.6 Å². The smallest absolute Gasteiger partial charge is 0.161 e. The topological polar surface area (TPSA) is 59.2 Å². The molecule has 0 bridgehead atoms. The summed E-state index contributed by atoms with van der Waals surface area (Å²) in [6, 6.07) is 5.99. The van der Waals surface area contributed by atoms with Gasteiger partial charge in [0.1, 0.15) is 5.69 Å². The van der Waals surface area contributed by atoms with Gasteiger partial charge in [0, 0.05) is 18.5 Å². The molecule has 0 radical (unpaired) electrons. The van der Waals surface area contributed by atoms with Crippen LogP contribution in [0, 0.1) is 19.8 Å². The molecule has 0 aliphatic carbocycles. The van der Waals surface area contributed by atoms with E-state index in [9.17, 15) is 0 Å². The van der Waals surface area contributed by atoms with Crippen LogP contribution in [-0.2, 0) is 0 Å². The minimum Gasteiger partial charge on any atom is -0.369 e. The second-order valence-corrected chi connectivity index (χ2v) is 8.94. The van der Waals surface area contributed by atoms with Gasteiger partial charge in [0.25, 0.3) is 0 Å². The Bertz CT molecular complexity index is 1230. The molecule has 0 saturated carbocycles. The number of nitrogens with zero attached hydrogens (tertiary/aromatic N) is 6. The fourth-order valence-corrected chi connectivity index (χ4v) is 4.12. The zero-order valence-electron chi connectivity index (χ0n) is 18.9. The number of rotatable bonds is 7. The van der Waals surface area contributed by atoms with Crippen LogP contribution in [0.25, 0.3) is 28.1 Å². The maximum Gasteiger partial charge on any atom is 0.161 e. The van der Waals surface area contributed by atoms with Crippen molar-refractivity contribution in [2.45, 2.75) is 47.5 Å². The van der Waals surface area contributed by atoms with Crippen LogP contribution in [0.15, 0.2) is 30.6 Å². The fraction of sp³-hybridized carbons (Fsp3) is 0.417. The molecule has 0 atom stereocenters. The number of hydrogen-bond acceptors (Lipinski definition) is 5. The summed E-state index contributed by atoms with van der Waals surface area (Å²) < 4.78 is 1.81. The molecule has 0 saturated heterocycles. The normalized spacial score (nSPS) is 11.7. The maximum atomic E-state index is 6.84. The first-order valence-corrected chi connectivity index (χ1v) is 11.3. The van der Waals surface area contributed by atoms with Gasteiger partial charge >= 0.3 is 0 Å². The van der Waals surface area contributed by atoms with Crippen LogP contribution in [0.2, 0.25) is 5.02 Å². The maximum absolute atomic E-state index is 6.84. The Morgan fingerprint density at radius 2 is 1.90 bits per heavy atom. The molecule has 4 rings (SSSR count). The second kappa shape index (κ2) is 8.79. The summed E-state index contributed by atoms with van der Waals surface area (Å²) in [5, 5.41) is 6.27. The molecule has 0 unspecified atom stereocenters. The van der Waals surface area contributed by atoms with Gasteiger partial charge in [-0.15, -0.1) is 0 Å². The van der Waals surface area contributed by atoms with Gasteiger partial charge in [0.15, 0.2) is 11.3 Å². The number of halogens is 1. The van der Waals surface area contributed by atoms with Crippen molar-refractivity contribution >= 4 is 34.0 Å². The van der Waals surface area contributed by atoms with Crippen molar-refractivity contribution in [3.8, 4) is 11.4 Å². The number of fused-ring (bicyclic) bond motifs is 2. The van der Waals surface area contributed by atoms with E-state index in [1.54, 1.807) is 0 Å². The van der Waals surface area contributed by atoms with Gasteiger partial charge in [-0.25, -0.2) is 19.5 Å². The Labute approximate surface area is 188 Å². The minimum absolute atomic E-state index is 0.632. The van der Waals surface area contributed by atoms with Gasteiger partial charge < -0.3 is 4.90 Å². The predicted molar refractivity (Wildman–Crippen MR) is 128 cm³/mol. The van der Waals surface area contributed by atoms with E-state index in [1.165, 1.54) is 0 Å². The Balaban J connectivity index is 1.73. The molecule has 0 fully saturated rings. The molecular formula is C24H29ClN6. The van der Waals surface area contributed by atoms with E-state index in [1.807, 2.05) is 49.0 Å². The number of imidazole rings is 1. The van der Waals surface area contributed by atoms with Crippen LogP contribution in [0.1, 0.15) is 44.9 Å². The van der Waals surface area contributed by atoms with Gasteiger partial charge in [-0.05, 0) is 56.4 Å². The Morgan fingerprint density at radius 1 is 1.10 bits per heavy atom. The summed E-state index contributed by atoms with van der Waals surface area (Å²) in [6.07, 6.45) is 5.96. The molecular weight excluding hydrogens is 408 g/mol. The Hall–Kier alpha value is -2.73. The summed E-state index contributed by atoms with van der Waals surface area (Å²) in [4.78, 5) is 16.3. The van der Waals surface area contributed by atoms with Gasteiger partial charge in [0.2, 0.25) is 0 Å². The van der Waals surface area contributed by atoms with Gasteiger partial charge in [-0.3, -0.25) is 0 Å². The van der Waals surface area contributed by atoms with Crippen molar-refractivity contribution in [2.75, 3.05) is 18.0 Å². The van der Waals surface area contributed by atoms with Gasteiger partial charge in [0.05, 0.1) is 34.5 Å². The van der Waals surface area contributed by atoms with Gasteiger partial charge in [-0.1, -0.05) is 32.4 Å². The molecule has 0 aliphatic rings. The lowest BCUT2D eigenvalue weighted by Crippen LogP contribution is -2.26. The van der Waals surface area contributed by atoms with Crippen molar-refractivity contribution in [2.24, 2.45) is 5.92 Å². The fourth-order valence-electron chi connectivity index (χ4n) is 3.80. The predicted octanol–water partition coefficient (Wildman–Crippen LogP) is 5.87. The Morgan fingerprint density at radius 3 is 2.65 bits per heavy atom. The van der Waals surface area contributed by atoms with Gasteiger partial charge in [-0.2, -0.15) is 5.10 Å². The second-order valence-electron chi connectivity index (χ2n) is 8.56. The van der Waals surface area contributed by atoms with E-state index >= 15 is 0 Å². The summed E-state index contributed by atoms with van der Waals surface area (Å²) in [5.74, 6) is 0.642. The van der Waals surface area contributed by atoms with Crippen molar-refractivity contribution < 1.29 is 0 Å². The molecule has 0 aliphatic heterocycles. The molecule has 4 aromatic rings. The number of aryl methyl sites for hydroxylation is 2. The third-order valence-electron chi connectivity index (χ3n) is 5.45. The highest BCUT2D eigenvalue weighted by atomic mass is 35.5. The Kier molecular flexibility index (Phi) is 6.10. The van der Waals surface area contributed by atoms with Crippen molar-refractivity contribution in [1.82, 2.24) is 24.6 Å². The molecule has 0 N–H and O–H groups in total. The molecule has 4 aromatic heterocycles. The SMILES string of the molecule is CCCN(CCC(C)C)c1cnc2nc(-c3cc(C)c4nc(C)cn4n3)ccc2c1Cl. The summed E-state index contributed by atoms with van der Waals surface area (Å²) in [5.41, 5.74) is 6.03. The van der Waals surface area contributed by atoms with Crippen molar-refractivity contribution in [3.05, 3.63) is 46.9 Å². The number of anilines is 1. The highest BCUT2D eigenvalue weighted by molar-refractivity contribution is 6.37. The monoisotopic (exact) mass is 436 g/mol. The molecule has 162 valence electrons. The quantitative estimate of drug-likeness (QED) is 0.362. The van der Waals surface area contributed by atoms with E-state index in [2.05, 4.69) is 40.7 Å². The highest BCUT2D eigenvalue weighted by Crippen LogP contribution is 2.33.